The van der Waals surface area contributed by atoms with Gasteiger partial charge in [0.05, 0.1) is 22.9 Å². The third kappa shape index (κ3) is 4.40. The topological polar surface area (TPSA) is 46.5 Å². The molecule has 0 saturated carbocycles. The number of rotatable bonds is 6. The van der Waals surface area contributed by atoms with Gasteiger partial charge in [0.15, 0.2) is 0 Å². The summed E-state index contributed by atoms with van der Waals surface area (Å²) in [6.45, 7) is 4.02. The first-order chi connectivity index (χ1) is 11.2. The Hall–Kier alpha value is -2.18. The van der Waals surface area contributed by atoms with Crippen LogP contribution in [0.4, 0.5) is 5.13 Å². The van der Waals surface area contributed by atoms with E-state index in [9.17, 15) is 0 Å². The van der Waals surface area contributed by atoms with Gasteiger partial charge in [0, 0.05) is 5.38 Å². The maximum atomic E-state index is 5.61. The molecule has 1 N–H and O–H groups in total. The summed E-state index contributed by atoms with van der Waals surface area (Å²) in [5.41, 5.74) is 4.96. The molecule has 0 aliphatic rings. The molecule has 118 valence electrons. The Bertz CT molecular complexity index is 762. The Labute approximate surface area is 143 Å². The molecule has 3 rings (SSSR count). The van der Waals surface area contributed by atoms with Crippen LogP contribution in [-0.4, -0.2) is 17.3 Å². The van der Waals surface area contributed by atoms with Gasteiger partial charge in [0.1, 0.15) is 5.75 Å². The number of nitrogens with zero attached hydrogens (tertiary/aromatic N) is 2. The molecule has 0 saturated heterocycles. The van der Waals surface area contributed by atoms with E-state index in [-0.39, 0.29) is 6.10 Å². The molecule has 4 nitrogen and oxygen atoms in total. The normalized spacial score (nSPS) is 11.3. The van der Waals surface area contributed by atoms with E-state index in [1.54, 1.807) is 28.9 Å². The van der Waals surface area contributed by atoms with Crippen molar-refractivity contribution in [3.05, 3.63) is 52.7 Å². The highest BCUT2D eigenvalue weighted by molar-refractivity contribution is 7.15. The molecule has 23 heavy (non-hydrogen) atoms. The zero-order valence-electron chi connectivity index (χ0n) is 12.9. The maximum Gasteiger partial charge on any atom is 0.203 e. The molecule has 1 aromatic carbocycles. The summed E-state index contributed by atoms with van der Waals surface area (Å²) in [5.74, 6) is 0.866. The number of benzene rings is 1. The first-order valence-corrected chi connectivity index (χ1v) is 9.02. The van der Waals surface area contributed by atoms with Gasteiger partial charge in [-0.1, -0.05) is 6.07 Å². The quantitative estimate of drug-likeness (QED) is 0.500. The molecule has 0 atom stereocenters. The van der Waals surface area contributed by atoms with Crippen molar-refractivity contribution < 1.29 is 4.74 Å². The molecule has 6 heteroatoms. The van der Waals surface area contributed by atoms with Crippen LogP contribution in [0.3, 0.4) is 0 Å². The van der Waals surface area contributed by atoms with Crippen LogP contribution in [0.25, 0.3) is 10.6 Å². The van der Waals surface area contributed by atoms with E-state index < -0.39 is 0 Å². The van der Waals surface area contributed by atoms with Crippen LogP contribution >= 0.6 is 22.7 Å². The fraction of sp³-hybridized carbons (Fsp3) is 0.176. The average Bonchev–Trinajstić information content (AvgIpc) is 3.19. The largest absolute Gasteiger partial charge is 0.491 e. The fourth-order valence-electron chi connectivity index (χ4n) is 1.93. The first kappa shape index (κ1) is 15.7. The van der Waals surface area contributed by atoms with Crippen molar-refractivity contribution in [1.29, 1.82) is 0 Å². The second kappa shape index (κ2) is 7.39. The molecule has 2 aromatic heterocycles. The van der Waals surface area contributed by atoms with Gasteiger partial charge < -0.3 is 4.74 Å². The number of thiazole rings is 1. The molecule has 3 aromatic rings. The first-order valence-electron chi connectivity index (χ1n) is 7.26. The van der Waals surface area contributed by atoms with Crippen molar-refractivity contribution in [1.82, 2.24) is 4.98 Å². The van der Waals surface area contributed by atoms with Crippen molar-refractivity contribution in [2.45, 2.75) is 20.0 Å². The lowest BCUT2D eigenvalue weighted by Crippen LogP contribution is -2.05. The van der Waals surface area contributed by atoms with Crippen molar-refractivity contribution in [2.75, 3.05) is 5.43 Å². The van der Waals surface area contributed by atoms with Crippen LogP contribution in [0.1, 0.15) is 19.4 Å². The Balaban J connectivity index is 1.58. The molecule has 2 heterocycles. The monoisotopic (exact) mass is 343 g/mol. The zero-order valence-corrected chi connectivity index (χ0v) is 14.5. The number of nitrogens with one attached hydrogen (secondary N) is 1. The molecule has 0 amide bonds. The molecule has 0 bridgehead atoms. The number of hydrogen-bond acceptors (Lipinski definition) is 6. The van der Waals surface area contributed by atoms with Gasteiger partial charge >= 0.3 is 0 Å². The summed E-state index contributed by atoms with van der Waals surface area (Å²) in [6, 6.07) is 11.9. The third-order valence-corrected chi connectivity index (χ3v) is 4.54. The van der Waals surface area contributed by atoms with Gasteiger partial charge in [-0.05, 0) is 55.1 Å². The Morgan fingerprint density at radius 3 is 2.70 bits per heavy atom. The van der Waals surface area contributed by atoms with Crippen molar-refractivity contribution in [3.8, 4) is 16.3 Å². The Kier molecular flexibility index (Phi) is 5.05. The molecule has 0 aliphatic carbocycles. The maximum absolute atomic E-state index is 5.61. The number of hydrogen-bond donors (Lipinski definition) is 1. The van der Waals surface area contributed by atoms with E-state index in [1.165, 1.54) is 4.88 Å². The third-order valence-electron chi connectivity index (χ3n) is 2.90. The molecular formula is C17H17N3OS2. The lowest BCUT2D eigenvalue weighted by Gasteiger charge is -2.08. The van der Waals surface area contributed by atoms with E-state index in [4.69, 9.17) is 4.74 Å². The standard InChI is InChI=1S/C17H17N3OS2/c1-12(2)21-14-7-5-13(6-8-14)10-18-20-17-19-15(11-23-17)16-4-3-9-22-16/h3-12H,1-2H3,(H,19,20)/b18-10-. The van der Waals surface area contributed by atoms with E-state index >= 15 is 0 Å². The van der Waals surface area contributed by atoms with Crippen LogP contribution in [0.15, 0.2) is 52.3 Å². The average molecular weight is 343 g/mol. The molecular weight excluding hydrogens is 326 g/mol. The highest BCUT2D eigenvalue weighted by atomic mass is 32.1. The summed E-state index contributed by atoms with van der Waals surface area (Å²) in [7, 11) is 0. The minimum absolute atomic E-state index is 0.179. The molecule has 0 aliphatic heterocycles. The van der Waals surface area contributed by atoms with Gasteiger partial charge in [0.25, 0.3) is 0 Å². The molecule has 0 fully saturated rings. The highest BCUT2D eigenvalue weighted by Gasteiger charge is 2.04. The SMILES string of the molecule is CC(C)Oc1ccc(/C=N\Nc2nc(-c3cccs3)cs2)cc1. The highest BCUT2D eigenvalue weighted by Crippen LogP contribution is 2.28. The molecule has 0 radical (unpaired) electrons. The second-order valence-electron chi connectivity index (χ2n) is 5.12. The van der Waals surface area contributed by atoms with Gasteiger partial charge in [-0.2, -0.15) is 5.10 Å². The minimum atomic E-state index is 0.179. The number of hydrazone groups is 1. The number of thiophene rings is 1. The van der Waals surface area contributed by atoms with E-state index in [2.05, 4.69) is 21.6 Å². The lowest BCUT2D eigenvalue weighted by molar-refractivity contribution is 0.242. The van der Waals surface area contributed by atoms with E-state index in [0.717, 1.165) is 22.1 Å². The van der Waals surface area contributed by atoms with Gasteiger partial charge in [-0.15, -0.1) is 22.7 Å². The number of ether oxygens (including phenoxy) is 1. The minimum Gasteiger partial charge on any atom is -0.491 e. The summed E-state index contributed by atoms with van der Waals surface area (Å²) >= 11 is 3.22. The molecule has 0 unspecified atom stereocenters. The van der Waals surface area contributed by atoms with Crippen LogP contribution < -0.4 is 10.2 Å². The van der Waals surface area contributed by atoms with Crippen LogP contribution in [0, 0.1) is 0 Å². The van der Waals surface area contributed by atoms with Gasteiger partial charge in [-0.25, -0.2) is 4.98 Å². The van der Waals surface area contributed by atoms with E-state index in [1.807, 2.05) is 54.9 Å². The zero-order chi connectivity index (χ0) is 16.1. The number of anilines is 1. The van der Waals surface area contributed by atoms with Crippen LogP contribution in [-0.2, 0) is 0 Å². The summed E-state index contributed by atoms with van der Waals surface area (Å²) in [4.78, 5) is 5.68. The van der Waals surface area contributed by atoms with Crippen molar-refractivity contribution >= 4 is 34.0 Å². The van der Waals surface area contributed by atoms with Crippen LogP contribution in [0.5, 0.6) is 5.75 Å². The van der Waals surface area contributed by atoms with Gasteiger partial charge in [-0.3, -0.25) is 5.43 Å². The van der Waals surface area contributed by atoms with Crippen molar-refractivity contribution in [2.24, 2.45) is 5.10 Å². The summed E-state index contributed by atoms with van der Waals surface area (Å²) in [6.07, 6.45) is 1.95. The Morgan fingerprint density at radius 2 is 2.00 bits per heavy atom. The van der Waals surface area contributed by atoms with Crippen LogP contribution in [0.2, 0.25) is 0 Å². The predicted molar refractivity (Wildman–Crippen MR) is 98.8 cm³/mol. The number of aromatic nitrogens is 1. The summed E-state index contributed by atoms with van der Waals surface area (Å²) < 4.78 is 5.61. The lowest BCUT2D eigenvalue weighted by atomic mass is 10.2. The molecule has 0 spiro atoms. The second-order valence-corrected chi connectivity index (χ2v) is 6.93. The Morgan fingerprint density at radius 1 is 1.17 bits per heavy atom. The summed E-state index contributed by atoms with van der Waals surface area (Å²) in [5, 5.41) is 9.09. The predicted octanol–water partition coefficient (Wildman–Crippen LogP) is 5.10. The van der Waals surface area contributed by atoms with E-state index in [0.29, 0.717) is 0 Å². The fourth-order valence-corrected chi connectivity index (χ4v) is 3.35. The van der Waals surface area contributed by atoms with Crippen molar-refractivity contribution in [3.63, 3.8) is 0 Å². The van der Waals surface area contributed by atoms with Gasteiger partial charge in [0.2, 0.25) is 5.13 Å². The smallest absolute Gasteiger partial charge is 0.203 e.